The van der Waals surface area contributed by atoms with Crippen LogP contribution >= 0.6 is 11.6 Å². The summed E-state index contributed by atoms with van der Waals surface area (Å²) >= 11 is 6.09. The first-order chi connectivity index (χ1) is 14.0. The van der Waals surface area contributed by atoms with Gasteiger partial charge in [0.05, 0.1) is 10.7 Å². The van der Waals surface area contributed by atoms with Gasteiger partial charge < -0.3 is 10.1 Å². The summed E-state index contributed by atoms with van der Waals surface area (Å²) in [6.45, 7) is 3.51. The van der Waals surface area contributed by atoms with E-state index in [1.54, 1.807) is 35.7 Å². The van der Waals surface area contributed by atoms with Crippen molar-refractivity contribution in [3.05, 3.63) is 71.5 Å². The number of hydrogen-bond acceptors (Lipinski definition) is 5. The fraction of sp³-hybridized carbons (Fsp3) is 0.143. The summed E-state index contributed by atoms with van der Waals surface area (Å²) in [6, 6.07) is 18.2. The second-order valence-corrected chi connectivity index (χ2v) is 6.90. The molecule has 1 N–H and O–H groups in total. The van der Waals surface area contributed by atoms with Crippen molar-refractivity contribution in [3.8, 4) is 17.0 Å². The minimum absolute atomic E-state index is 0.278. The molecule has 29 heavy (non-hydrogen) atoms. The lowest BCUT2D eigenvalue weighted by Gasteiger charge is -2.16. The average molecular weight is 408 g/mol. The molecule has 4 aromatic rings. The Morgan fingerprint density at radius 2 is 1.93 bits per heavy atom. The zero-order chi connectivity index (χ0) is 20.4. The predicted molar refractivity (Wildman–Crippen MR) is 111 cm³/mol. The summed E-state index contributed by atoms with van der Waals surface area (Å²) in [5, 5.41) is 16.0. The predicted octanol–water partition coefficient (Wildman–Crippen LogP) is 4.16. The largest absolute Gasteiger partial charge is 0.479 e. The molecule has 146 valence electrons. The van der Waals surface area contributed by atoms with E-state index in [0.29, 0.717) is 27.9 Å². The van der Waals surface area contributed by atoms with Gasteiger partial charge in [-0.15, -0.1) is 10.2 Å². The highest BCUT2D eigenvalue weighted by atomic mass is 35.5. The number of hydrogen-bond donors (Lipinski definition) is 1. The van der Waals surface area contributed by atoms with Gasteiger partial charge >= 0.3 is 0 Å². The third-order valence-corrected chi connectivity index (χ3v) is 4.67. The highest BCUT2D eigenvalue weighted by Crippen LogP contribution is 2.25. The number of aromatic nitrogens is 4. The molecule has 1 unspecified atom stereocenters. The van der Waals surface area contributed by atoms with E-state index in [9.17, 15) is 4.79 Å². The van der Waals surface area contributed by atoms with E-state index in [4.69, 9.17) is 16.3 Å². The van der Waals surface area contributed by atoms with Crippen molar-refractivity contribution in [1.82, 2.24) is 19.8 Å². The standard InChI is InChI=1S/C21H18ClN5O2/c1-13(29-19-9-4-3-8-17(19)22)21(28)23-16-7-5-6-15(12-16)18-10-11-20-25-24-14(2)27(20)26-18/h3-13H,1-2H3,(H,23,28). The van der Waals surface area contributed by atoms with Crippen molar-refractivity contribution in [2.45, 2.75) is 20.0 Å². The highest BCUT2D eigenvalue weighted by molar-refractivity contribution is 6.32. The molecule has 0 bridgehead atoms. The molecule has 8 heteroatoms. The van der Waals surface area contributed by atoms with Gasteiger partial charge in [-0.25, -0.2) is 0 Å². The third kappa shape index (κ3) is 4.05. The molecule has 0 saturated carbocycles. The molecule has 0 aliphatic carbocycles. The van der Waals surface area contributed by atoms with Crippen LogP contribution < -0.4 is 10.1 Å². The van der Waals surface area contributed by atoms with E-state index < -0.39 is 6.10 Å². The van der Waals surface area contributed by atoms with Crippen molar-refractivity contribution in [2.75, 3.05) is 5.32 Å². The Kier molecular flexibility index (Phi) is 5.14. The van der Waals surface area contributed by atoms with Gasteiger partial charge in [-0.2, -0.15) is 9.61 Å². The molecule has 0 aliphatic heterocycles. The summed E-state index contributed by atoms with van der Waals surface area (Å²) in [4.78, 5) is 12.5. The van der Waals surface area contributed by atoms with Crippen molar-refractivity contribution >= 4 is 28.8 Å². The van der Waals surface area contributed by atoms with Crippen LogP contribution in [0.15, 0.2) is 60.7 Å². The van der Waals surface area contributed by atoms with E-state index in [1.807, 2.05) is 43.3 Å². The summed E-state index contributed by atoms with van der Waals surface area (Å²) in [6.07, 6.45) is -0.715. The van der Waals surface area contributed by atoms with Gasteiger partial charge in [0.25, 0.3) is 5.91 Å². The van der Waals surface area contributed by atoms with Gasteiger partial charge in [-0.05, 0) is 50.2 Å². The molecule has 4 rings (SSSR count). The molecule has 2 aromatic carbocycles. The van der Waals surface area contributed by atoms with Crippen LogP contribution in [0, 0.1) is 6.92 Å². The average Bonchev–Trinajstić information content (AvgIpc) is 3.10. The van der Waals surface area contributed by atoms with E-state index in [-0.39, 0.29) is 5.91 Å². The van der Waals surface area contributed by atoms with Gasteiger partial charge in [0.1, 0.15) is 5.75 Å². The van der Waals surface area contributed by atoms with Crippen LogP contribution in [0.1, 0.15) is 12.7 Å². The van der Waals surface area contributed by atoms with E-state index in [0.717, 1.165) is 11.3 Å². The number of aryl methyl sites for hydroxylation is 1. The second-order valence-electron chi connectivity index (χ2n) is 6.50. The molecule has 0 aliphatic rings. The molecule has 2 aromatic heterocycles. The highest BCUT2D eigenvalue weighted by Gasteiger charge is 2.16. The number of nitrogens with zero attached hydrogens (tertiary/aromatic N) is 4. The topological polar surface area (TPSA) is 81.4 Å². The van der Waals surface area contributed by atoms with Crippen molar-refractivity contribution < 1.29 is 9.53 Å². The minimum atomic E-state index is -0.715. The third-order valence-electron chi connectivity index (χ3n) is 4.35. The van der Waals surface area contributed by atoms with Gasteiger partial charge in [0.15, 0.2) is 17.6 Å². The van der Waals surface area contributed by atoms with Crippen LogP contribution in [0.5, 0.6) is 5.75 Å². The summed E-state index contributed by atoms with van der Waals surface area (Å²) < 4.78 is 7.35. The van der Waals surface area contributed by atoms with Crippen LogP contribution in [-0.4, -0.2) is 31.8 Å². The Morgan fingerprint density at radius 1 is 1.10 bits per heavy atom. The zero-order valence-electron chi connectivity index (χ0n) is 15.8. The fourth-order valence-corrected chi connectivity index (χ4v) is 3.01. The molecular formula is C21H18ClN5O2. The van der Waals surface area contributed by atoms with Crippen LogP contribution in [0.3, 0.4) is 0 Å². The molecule has 0 spiro atoms. The normalized spacial score (nSPS) is 12.0. The molecule has 0 radical (unpaired) electrons. The van der Waals surface area contributed by atoms with Crippen molar-refractivity contribution in [1.29, 1.82) is 0 Å². The number of carbonyl (C=O) groups excluding carboxylic acids is 1. The minimum Gasteiger partial charge on any atom is -0.479 e. The number of carbonyl (C=O) groups is 1. The number of halogens is 1. The molecule has 7 nitrogen and oxygen atoms in total. The molecular weight excluding hydrogens is 390 g/mol. The maximum Gasteiger partial charge on any atom is 0.265 e. The van der Waals surface area contributed by atoms with Crippen LogP contribution in [0.4, 0.5) is 5.69 Å². The summed E-state index contributed by atoms with van der Waals surface area (Å²) in [5.41, 5.74) is 2.93. The monoisotopic (exact) mass is 407 g/mol. The summed E-state index contributed by atoms with van der Waals surface area (Å²) in [7, 11) is 0. The first-order valence-electron chi connectivity index (χ1n) is 9.03. The maximum atomic E-state index is 12.5. The number of rotatable bonds is 5. The Morgan fingerprint density at radius 3 is 2.76 bits per heavy atom. The van der Waals surface area contributed by atoms with Crippen LogP contribution in [0.2, 0.25) is 5.02 Å². The van der Waals surface area contributed by atoms with Gasteiger partial charge in [0.2, 0.25) is 0 Å². The molecule has 0 saturated heterocycles. The molecule has 1 amide bonds. The van der Waals surface area contributed by atoms with Gasteiger partial charge in [0, 0.05) is 11.3 Å². The number of benzene rings is 2. The lowest BCUT2D eigenvalue weighted by molar-refractivity contribution is -0.122. The quantitative estimate of drug-likeness (QED) is 0.537. The second kappa shape index (κ2) is 7.89. The van der Waals surface area contributed by atoms with E-state index >= 15 is 0 Å². The Labute approximate surface area is 172 Å². The van der Waals surface area contributed by atoms with Crippen LogP contribution in [-0.2, 0) is 4.79 Å². The lowest BCUT2D eigenvalue weighted by atomic mass is 10.1. The number of para-hydroxylation sites is 1. The van der Waals surface area contributed by atoms with Crippen molar-refractivity contribution in [3.63, 3.8) is 0 Å². The Hall–Kier alpha value is -3.45. The maximum absolute atomic E-state index is 12.5. The lowest BCUT2D eigenvalue weighted by Crippen LogP contribution is -2.30. The first kappa shape index (κ1) is 18.9. The molecule has 2 heterocycles. The molecule has 1 atom stereocenters. The number of ether oxygens (including phenoxy) is 1. The number of nitrogens with one attached hydrogen (secondary N) is 1. The summed E-state index contributed by atoms with van der Waals surface area (Å²) in [5.74, 6) is 0.893. The van der Waals surface area contributed by atoms with E-state index in [1.165, 1.54) is 0 Å². The molecule has 0 fully saturated rings. The van der Waals surface area contributed by atoms with Crippen LogP contribution in [0.25, 0.3) is 16.9 Å². The Balaban J connectivity index is 1.51. The fourth-order valence-electron chi connectivity index (χ4n) is 2.83. The smallest absolute Gasteiger partial charge is 0.265 e. The first-order valence-corrected chi connectivity index (χ1v) is 9.40. The van der Waals surface area contributed by atoms with Crippen molar-refractivity contribution in [2.24, 2.45) is 0 Å². The number of anilines is 1. The van der Waals surface area contributed by atoms with E-state index in [2.05, 4.69) is 20.6 Å². The number of fused-ring (bicyclic) bond motifs is 1. The number of amides is 1. The Bertz CT molecular complexity index is 1190. The zero-order valence-corrected chi connectivity index (χ0v) is 16.6. The SMILES string of the molecule is Cc1nnc2ccc(-c3cccc(NC(=O)C(C)Oc4ccccc4Cl)c3)nn12. The van der Waals surface area contributed by atoms with Gasteiger partial charge in [-0.3, -0.25) is 4.79 Å². The van der Waals surface area contributed by atoms with Gasteiger partial charge in [-0.1, -0.05) is 35.9 Å².